The molecule has 10 N–H and O–H groups in total. The SMILES string of the molecule is NC(Cc1ccc(O)cc1)C(=O)NC(Cc1c[nH]c2ccccc12)C(=O)NC(Cc1ccc(O)cc1)C(=O)NC(CCC(=O)O)C(=O)O. The highest BCUT2D eigenvalue weighted by molar-refractivity contribution is 5.95. The summed E-state index contributed by atoms with van der Waals surface area (Å²) >= 11 is 0. The molecule has 252 valence electrons. The molecule has 14 heteroatoms. The van der Waals surface area contributed by atoms with E-state index in [4.69, 9.17) is 10.8 Å². The van der Waals surface area contributed by atoms with Crippen molar-refractivity contribution in [2.24, 2.45) is 5.73 Å². The standard InChI is InChI=1S/C34H37N5O9/c35-25(15-19-5-9-22(40)10-6-19)31(44)38-29(17-21-18-36-26-4-2-1-3-24(21)26)33(46)39-28(16-20-7-11-23(41)12-8-20)32(45)37-27(34(47)48)13-14-30(42)43/h1-12,18,25,27-29,36,40-41H,13-17,35H2,(H,37,45)(H,38,44)(H,39,46)(H,42,43)(H,47,48). The lowest BCUT2D eigenvalue weighted by Crippen LogP contribution is -2.58. The van der Waals surface area contributed by atoms with Gasteiger partial charge in [0.25, 0.3) is 0 Å². The summed E-state index contributed by atoms with van der Waals surface area (Å²) < 4.78 is 0. The van der Waals surface area contributed by atoms with E-state index in [1.54, 1.807) is 18.3 Å². The van der Waals surface area contributed by atoms with Crippen molar-refractivity contribution in [2.75, 3.05) is 0 Å². The van der Waals surface area contributed by atoms with E-state index < -0.39 is 66.7 Å². The lowest BCUT2D eigenvalue weighted by atomic mass is 10.0. The molecule has 1 heterocycles. The van der Waals surface area contributed by atoms with Gasteiger partial charge < -0.3 is 47.1 Å². The summed E-state index contributed by atoms with van der Waals surface area (Å²) in [5, 5.41) is 46.4. The van der Waals surface area contributed by atoms with Crippen LogP contribution in [0, 0.1) is 0 Å². The summed E-state index contributed by atoms with van der Waals surface area (Å²) in [6.07, 6.45) is 0.763. The number of fused-ring (bicyclic) bond motifs is 1. The van der Waals surface area contributed by atoms with E-state index in [0.717, 1.165) is 10.9 Å². The highest BCUT2D eigenvalue weighted by Gasteiger charge is 2.31. The third-order valence-electron chi connectivity index (χ3n) is 7.73. The van der Waals surface area contributed by atoms with E-state index in [9.17, 15) is 39.3 Å². The molecular weight excluding hydrogens is 622 g/mol. The smallest absolute Gasteiger partial charge is 0.326 e. The molecule has 0 saturated heterocycles. The summed E-state index contributed by atoms with van der Waals surface area (Å²) in [4.78, 5) is 66.7. The normalized spacial score (nSPS) is 13.5. The first kappa shape index (κ1) is 35.0. The van der Waals surface area contributed by atoms with Gasteiger partial charge in [-0.3, -0.25) is 19.2 Å². The largest absolute Gasteiger partial charge is 0.508 e. The van der Waals surface area contributed by atoms with Crippen LogP contribution in [0.3, 0.4) is 0 Å². The number of nitrogens with two attached hydrogens (primary N) is 1. The van der Waals surface area contributed by atoms with E-state index in [1.165, 1.54) is 36.4 Å². The van der Waals surface area contributed by atoms with Gasteiger partial charge in [0.1, 0.15) is 29.6 Å². The summed E-state index contributed by atoms with van der Waals surface area (Å²) in [6.45, 7) is 0. The number of H-pyrrole nitrogens is 1. The monoisotopic (exact) mass is 659 g/mol. The average Bonchev–Trinajstić information content (AvgIpc) is 3.46. The van der Waals surface area contributed by atoms with Gasteiger partial charge in [-0.1, -0.05) is 42.5 Å². The minimum atomic E-state index is -1.55. The van der Waals surface area contributed by atoms with E-state index in [1.807, 2.05) is 24.3 Å². The van der Waals surface area contributed by atoms with Crippen molar-refractivity contribution >= 4 is 40.6 Å². The van der Waals surface area contributed by atoms with Crippen LogP contribution in [0.5, 0.6) is 11.5 Å². The van der Waals surface area contributed by atoms with Crippen LogP contribution in [0.1, 0.15) is 29.5 Å². The summed E-state index contributed by atoms with van der Waals surface area (Å²) in [5.41, 5.74) is 8.88. The molecule has 3 aromatic carbocycles. The number of carboxylic acid groups (broad SMARTS) is 2. The number of hydrogen-bond donors (Lipinski definition) is 9. The zero-order valence-electron chi connectivity index (χ0n) is 25.8. The molecule has 4 rings (SSSR count). The van der Waals surface area contributed by atoms with Gasteiger partial charge in [-0.2, -0.15) is 0 Å². The Morgan fingerprint density at radius 3 is 1.77 bits per heavy atom. The molecule has 0 aliphatic carbocycles. The maximum absolute atomic E-state index is 13.9. The van der Waals surface area contributed by atoms with Crippen molar-refractivity contribution in [3.63, 3.8) is 0 Å². The highest BCUT2D eigenvalue weighted by Crippen LogP contribution is 2.20. The topological polar surface area (TPSA) is 244 Å². The lowest BCUT2D eigenvalue weighted by Gasteiger charge is -2.25. The van der Waals surface area contributed by atoms with E-state index in [0.29, 0.717) is 16.7 Å². The summed E-state index contributed by atoms with van der Waals surface area (Å²) in [6, 6.07) is 14.1. The number of carbonyl (C=O) groups excluding carboxylic acids is 3. The number of phenols is 2. The Balaban J connectivity index is 1.59. The van der Waals surface area contributed by atoms with E-state index >= 15 is 0 Å². The number of benzene rings is 3. The second kappa shape index (κ2) is 16.1. The number of rotatable bonds is 16. The van der Waals surface area contributed by atoms with Gasteiger partial charge in [0.15, 0.2) is 0 Å². The molecule has 0 spiro atoms. The summed E-state index contributed by atoms with van der Waals surface area (Å²) in [5.74, 6) is -4.99. The molecule has 0 aliphatic rings. The molecule has 3 amide bonds. The molecule has 0 fully saturated rings. The Morgan fingerprint density at radius 1 is 0.667 bits per heavy atom. The van der Waals surface area contributed by atoms with Crippen molar-refractivity contribution in [1.82, 2.24) is 20.9 Å². The molecule has 0 bridgehead atoms. The fraction of sp³-hybridized carbons (Fsp3) is 0.265. The highest BCUT2D eigenvalue weighted by atomic mass is 16.4. The number of nitrogens with one attached hydrogen (secondary N) is 4. The van der Waals surface area contributed by atoms with Crippen LogP contribution in [0.4, 0.5) is 0 Å². The van der Waals surface area contributed by atoms with Crippen LogP contribution in [-0.4, -0.2) is 79.2 Å². The maximum Gasteiger partial charge on any atom is 0.326 e. The number of amides is 3. The molecular formula is C34H37N5O9. The molecule has 1 aromatic heterocycles. The Labute approximate surface area is 275 Å². The number of para-hydroxylation sites is 1. The van der Waals surface area contributed by atoms with Crippen LogP contribution in [0.15, 0.2) is 79.0 Å². The molecule has 14 nitrogen and oxygen atoms in total. The van der Waals surface area contributed by atoms with Crippen molar-refractivity contribution < 1.29 is 44.4 Å². The van der Waals surface area contributed by atoms with Gasteiger partial charge in [0.2, 0.25) is 17.7 Å². The molecule has 4 unspecified atom stereocenters. The first-order valence-electron chi connectivity index (χ1n) is 15.1. The molecule has 4 atom stereocenters. The number of aliphatic carboxylic acids is 2. The van der Waals surface area contributed by atoms with Crippen LogP contribution in [0.2, 0.25) is 0 Å². The van der Waals surface area contributed by atoms with Crippen LogP contribution < -0.4 is 21.7 Å². The van der Waals surface area contributed by atoms with Gasteiger partial charge in [0.05, 0.1) is 6.04 Å². The fourth-order valence-corrected chi connectivity index (χ4v) is 5.13. The number of aromatic amines is 1. The van der Waals surface area contributed by atoms with Crippen LogP contribution >= 0.6 is 0 Å². The van der Waals surface area contributed by atoms with Crippen molar-refractivity contribution in [3.05, 3.63) is 95.7 Å². The first-order chi connectivity index (χ1) is 22.9. The van der Waals surface area contributed by atoms with Crippen LogP contribution in [-0.2, 0) is 43.2 Å². The van der Waals surface area contributed by atoms with Gasteiger partial charge >= 0.3 is 11.9 Å². The molecule has 48 heavy (non-hydrogen) atoms. The van der Waals surface area contributed by atoms with Gasteiger partial charge in [0, 0.05) is 36.4 Å². The minimum absolute atomic E-state index is 0.00255. The van der Waals surface area contributed by atoms with Crippen LogP contribution in [0.25, 0.3) is 10.9 Å². The second-order valence-corrected chi connectivity index (χ2v) is 11.4. The number of aromatic hydroxyl groups is 2. The maximum atomic E-state index is 13.9. The Hall–Kier alpha value is -5.89. The molecule has 0 radical (unpaired) electrons. The zero-order chi connectivity index (χ0) is 34.8. The number of carbonyl (C=O) groups is 5. The predicted molar refractivity (Wildman–Crippen MR) is 174 cm³/mol. The van der Waals surface area contributed by atoms with Gasteiger partial charge in [-0.05, 0) is 59.9 Å². The van der Waals surface area contributed by atoms with Gasteiger partial charge in [-0.25, -0.2) is 4.79 Å². The zero-order valence-corrected chi connectivity index (χ0v) is 25.8. The molecule has 4 aromatic rings. The number of phenolic OH excluding ortho intramolecular Hbond substituents is 2. The summed E-state index contributed by atoms with van der Waals surface area (Å²) in [7, 11) is 0. The van der Waals surface area contributed by atoms with E-state index in [2.05, 4.69) is 20.9 Å². The predicted octanol–water partition coefficient (Wildman–Crippen LogP) is 1.34. The molecule has 0 saturated carbocycles. The Morgan fingerprint density at radius 2 is 1.19 bits per heavy atom. The number of hydrogen-bond acceptors (Lipinski definition) is 8. The van der Waals surface area contributed by atoms with Crippen molar-refractivity contribution in [2.45, 2.75) is 56.3 Å². The third kappa shape index (κ3) is 9.80. The average molecular weight is 660 g/mol. The minimum Gasteiger partial charge on any atom is -0.508 e. The number of aromatic nitrogens is 1. The Kier molecular flexibility index (Phi) is 11.7. The second-order valence-electron chi connectivity index (χ2n) is 11.4. The third-order valence-corrected chi connectivity index (χ3v) is 7.73. The van der Waals surface area contributed by atoms with Gasteiger partial charge in [-0.15, -0.1) is 0 Å². The lowest BCUT2D eigenvalue weighted by molar-refractivity contribution is -0.143. The van der Waals surface area contributed by atoms with E-state index in [-0.39, 0.29) is 30.8 Å². The Bertz CT molecular complexity index is 1750. The quantitative estimate of drug-likeness (QED) is 0.0835. The van der Waals surface area contributed by atoms with Crippen molar-refractivity contribution in [1.29, 1.82) is 0 Å². The number of carboxylic acids is 2. The molecule has 0 aliphatic heterocycles. The van der Waals surface area contributed by atoms with Crippen molar-refractivity contribution in [3.8, 4) is 11.5 Å². The first-order valence-corrected chi connectivity index (χ1v) is 15.1. The fourth-order valence-electron chi connectivity index (χ4n) is 5.13.